The van der Waals surface area contributed by atoms with E-state index in [1.807, 2.05) is 42.5 Å². The van der Waals surface area contributed by atoms with Crippen molar-refractivity contribution in [2.45, 2.75) is 18.9 Å². The average molecular weight is 316 g/mol. The molecule has 1 fully saturated rings. The van der Waals surface area contributed by atoms with Gasteiger partial charge in [-0.1, -0.05) is 54.6 Å². The molecule has 0 unspecified atom stereocenters. The molecule has 0 spiro atoms. The fraction of sp³-hybridized carbons (Fsp3) is 0.368. The second-order valence-corrected chi connectivity index (χ2v) is 5.92. The minimum absolute atomic E-state index is 0.106. The minimum Gasteiger partial charge on any atom is -0.314 e. The van der Waals surface area contributed by atoms with Gasteiger partial charge in [0.05, 0.1) is 0 Å². The van der Waals surface area contributed by atoms with Gasteiger partial charge in [0.1, 0.15) is 0 Å². The smallest absolute Gasteiger partial charge is 0.240 e. The summed E-state index contributed by atoms with van der Waals surface area (Å²) in [6.07, 6.45) is -2.39. The lowest BCUT2D eigenvalue weighted by atomic mass is 9.97. The van der Waals surface area contributed by atoms with Crippen molar-refractivity contribution in [3.63, 3.8) is 0 Å². The van der Waals surface area contributed by atoms with Crippen molar-refractivity contribution in [1.29, 1.82) is 0 Å². The Bertz CT molecular complexity index is 593. The van der Waals surface area contributed by atoms with Gasteiger partial charge >= 0.3 is 0 Å². The molecule has 3 rings (SSSR count). The summed E-state index contributed by atoms with van der Waals surface area (Å²) in [5.74, 6) is 0. The quantitative estimate of drug-likeness (QED) is 0.898. The first-order valence-corrected chi connectivity index (χ1v) is 8.12. The third-order valence-electron chi connectivity index (χ3n) is 4.40. The molecular weight excluding hydrogens is 294 g/mol. The van der Waals surface area contributed by atoms with E-state index in [0.29, 0.717) is 0 Å². The first kappa shape index (κ1) is 16.1. The molecule has 0 bridgehead atoms. The van der Waals surface area contributed by atoms with Crippen LogP contribution in [0.3, 0.4) is 0 Å². The van der Waals surface area contributed by atoms with Crippen LogP contribution in [-0.4, -0.2) is 37.5 Å². The molecule has 0 amide bonds. The number of nitrogens with zero attached hydrogens (tertiary/aromatic N) is 1. The van der Waals surface area contributed by atoms with Gasteiger partial charge in [-0.25, -0.2) is 8.78 Å². The van der Waals surface area contributed by atoms with Crippen molar-refractivity contribution in [3.05, 3.63) is 60.2 Å². The first-order valence-electron chi connectivity index (χ1n) is 8.12. The van der Waals surface area contributed by atoms with Crippen LogP contribution >= 0.6 is 0 Å². The van der Waals surface area contributed by atoms with Crippen LogP contribution in [0.4, 0.5) is 8.78 Å². The summed E-state index contributed by atoms with van der Waals surface area (Å²) >= 11 is 0. The van der Waals surface area contributed by atoms with E-state index in [1.165, 1.54) is 0 Å². The lowest BCUT2D eigenvalue weighted by Gasteiger charge is -2.35. The highest BCUT2D eigenvalue weighted by atomic mass is 19.3. The van der Waals surface area contributed by atoms with Crippen molar-refractivity contribution in [3.8, 4) is 11.1 Å². The third kappa shape index (κ3) is 4.15. The van der Waals surface area contributed by atoms with Crippen molar-refractivity contribution in [2.24, 2.45) is 0 Å². The zero-order valence-corrected chi connectivity index (χ0v) is 13.1. The van der Waals surface area contributed by atoms with Crippen LogP contribution in [-0.2, 0) is 0 Å². The minimum atomic E-state index is -2.29. The number of nitrogens with one attached hydrogen (secondary N) is 1. The zero-order chi connectivity index (χ0) is 16.1. The fourth-order valence-corrected chi connectivity index (χ4v) is 3.19. The Labute approximate surface area is 136 Å². The highest BCUT2D eigenvalue weighted by molar-refractivity contribution is 5.63. The molecule has 0 radical (unpaired) electrons. The van der Waals surface area contributed by atoms with E-state index in [9.17, 15) is 8.78 Å². The molecule has 2 nitrogen and oxygen atoms in total. The fourth-order valence-electron chi connectivity index (χ4n) is 3.19. The number of piperazine rings is 1. The summed E-state index contributed by atoms with van der Waals surface area (Å²) in [4.78, 5) is 2.17. The topological polar surface area (TPSA) is 15.3 Å². The molecule has 4 heteroatoms. The van der Waals surface area contributed by atoms with Gasteiger partial charge in [0.25, 0.3) is 0 Å². The maximum Gasteiger partial charge on any atom is 0.240 e. The second-order valence-electron chi connectivity index (χ2n) is 5.92. The molecule has 0 aliphatic carbocycles. The summed E-state index contributed by atoms with van der Waals surface area (Å²) in [7, 11) is 0. The highest BCUT2D eigenvalue weighted by Gasteiger charge is 2.25. The number of benzene rings is 2. The van der Waals surface area contributed by atoms with Gasteiger partial charge in [-0.3, -0.25) is 4.90 Å². The monoisotopic (exact) mass is 316 g/mol. The van der Waals surface area contributed by atoms with Crippen molar-refractivity contribution < 1.29 is 8.78 Å². The molecule has 1 saturated heterocycles. The maximum atomic E-state index is 13.0. The predicted molar refractivity (Wildman–Crippen MR) is 89.7 cm³/mol. The van der Waals surface area contributed by atoms with Crippen LogP contribution in [0, 0.1) is 0 Å². The van der Waals surface area contributed by atoms with Gasteiger partial charge in [-0.2, -0.15) is 0 Å². The van der Waals surface area contributed by atoms with Gasteiger partial charge in [-0.15, -0.1) is 0 Å². The molecule has 1 atom stereocenters. The molecule has 0 aromatic heterocycles. The summed E-state index contributed by atoms with van der Waals surface area (Å²) in [6.45, 7) is 3.36. The van der Waals surface area contributed by atoms with Crippen molar-refractivity contribution in [1.82, 2.24) is 10.2 Å². The molecule has 23 heavy (non-hydrogen) atoms. The Morgan fingerprint density at radius 3 is 2.09 bits per heavy atom. The number of halogens is 2. The van der Waals surface area contributed by atoms with E-state index < -0.39 is 6.43 Å². The summed E-state index contributed by atoms with van der Waals surface area (Å²) in [6, 6.07) is 18.0. The lowest BCUT2D eigenvalue weighted by molar-refractivity contribution is 0.0739. The Morgan fingerprint density at radius 1 is 0.870 bits per heavy atom. The van der Waals surface area contributed by atoms with E-state index in [4.69, 9.17) is 0 Å². The van der Waals surface area contributed by atoms with Gasteiger partial charge in [-0.05, 0) is 16.7 Å². The van der Waals surface area contributed by atoms with E-state index in [0.717, 1.165) is 42.9 Å². The van der Waals surface area contributed by atoms with Gasteiger partial charge in [0.2, 0.25) is 6.43 Å². The first-order chi connectivity index (χ1) is 11.2. The van der Waals surface area contributed by atoms with Crippen LogP contribution in [0.5, 0.6) is 0 Å². The van der Waals surface area contributed by atoms with E-state index in [1.54, 1.807) is 0 Å². The number of hydrogen-bond acceptors (Lipinski definition) is 2. The summed E-state index contributed by atoms with van der Waals surface area (Å²) in [5, 5.41) is 3.28. The van der Waals surface area contributed by atoms with E-state index in [-0.39, 0.29) is 12.5 Å². The molecule has 0 saturated carbocycles. The van der Waals surface area contributed by atoms with E-state index in [2.05, 4.69) is 22.3 Å². The third-order valence-corrected chi connectivity index (χ3v) is 4.40. The Kier molecular flexibility index (Phi) is 5.36. The van der Waals surface area contributed by atoms with Gasteiger partial charge in [0.15, 0.2) is 0 Å². The lowest BCUT2D eigenvalue weighted by Crippen LogP contribution is -2.45. The number of rotatable bonds is 5. The molecule has 1 heterocycles. The second kappa shape index (κ2) is 7.66. The molecule has 2 aromatic rings. The van der Waals surface area contributed by atoms with Crippen LogP contribution in [0.25, 0.3) is 11.1 Å². The Hall–Kier alpha value is -1.78. The largest absolute Gasteiger partial charge is 0.314 e. The van der Waals surface area contributed by atoms with Crippen molar-refractivity contribution in [2.75, 3.05) is 26.2 Å². The molecule has 1 aliphatic rings. The molecular formula is C19H22F2N2. The standard InChI is InChI=1S/C19H22F2N2/c20-19(21)14-18(23-12-10-22-11-13-23)17-8-6-16(7-9-17)15-4-2-1-3-5-15/h1-9,18-19,22H,10-14H2/t18-/m0/s1. The van der Waals surface area contributed by atoms with Crippen LogP contribution in [0.1, 0.15) is 18.0 Å². The Morgan fingerprint density at radius 2 is 1.48 bits per heavy atom. The molecule has 122 valence electrons. The molecule has 1 N–H and O–H groups in total. The Balaban J connectivity index is 1.81. The maximum absolute atomic E-state index is 13.0. The number of hydrogen-bond donors (Lipinski definition) is 1. The van der Waals surface area contributed by atoms with Crippen LogP contribution < -0.4 is 5.32 Å². The van der Waals surface area contributed by atoms with Gasteiger partial charge in [0, 0.05) is 38.6 Å². The summed E-state index contributed by atoms with van der Waals surface area (Å²) < 4.78 is 26.1. The number of alkyl halides is 2. The van der Waals surface area contributed by atoms with Crippen LogP contribution in [0.2, 0.25) is 0 Å². The van der Waals surface area contributed by atoms with Crippen LogP contribution in [0.15, 0.2) is 54.6 Å². The van der Waals surface area contributed by atoms with Crippen molar-refractivity contribution >= 4 is 0 Å². The normalized spacial score (nSPS) is 17.3. The SMILES string of the molecule is FC(F)C[C@@H](c1ccc(-c2ccccc2)cc1)N1CCNCC1. The van der Waals surface area contributed by atoms with E-state index >= 15 is 0 Å². The van der Waals surface area contributed by atoms with Gasteiger partial charge < -0.3 is 5.32 Å². The zero-order valence-electron chi connectivity index (χ0n) is 13.1. The summed E-state index contributed by atoms with van der Waals surface area (Å²) in [5.41, 5.74) is 3.24. The molecule has 1 aliphatic heterocycles. The highest BCUT2D eigenvalue weighted by Crippen LogP contribution is 2.29. The molecule has 2 aromatic carbocycles. The average Bonchev–Trinajstić information content (AvgIpc) is 2.61. The predicted octanol–water partition coefficient (Wildman–Crippen LogP) is 3.96.